The summed E-state index contributed by atoms with van der Waals surface area (Å²) >= 11 is 0. The van der Waals surface area contributed by atoms with Crippen LogP contribution >= 0.6 is 0 Å². The summed E-state index contributed by atoms with van der Waals surface area (Å²) in [6.45, 7) is 10.8. The zero-order chi connectivity index (χ0) is 9.82. The van der Waals surface area contributed by atoms with Gasteiger partial charge in [0.05, 0.1) is 0 Å². The van der Waals surface area contributed by atoms with Gasteiger partial charge in [-0.25, -0.2) is 4.79 Å². The van der Waals surface area contributed by atoms with Crippen molar-refractivity contribution in [2.24, 2.45) is 5.73 Å². The molecule has 0 atom stereocenters. The molecular weight excluding hydrogens is 154 g/mol. The van der Waals surface area contributed by atoms with Crippen molar-refractivity contribution in [3.05, 3.63) is 38.0 Å². The molecule has 68 valence electrons. The first-order valence-corrected chi connectivity index (χ1v) is 3.44. The quantitative estimate of drug-likeness (QED) is 0.388. The monoisotopic (exact) mass is 169 g/mol. The number of nitrogens with two attached hydrogens (primary N) is 1. The van der Waals surface area contributed by atoms with Gasteiger partial charge in [-0.15, -0.1) is 6.58 Å². The van der Waals surface area contributed by atoms with Gasteiger partial charge in [0.1, 0.15) is 6.61 Å². The molecule has 0 bridgehead atoms. The second-order valence-corrected chi connectivity index (χ2v) is 1.65. The zero-order valence-electron chi connectivity index (χ0n) is 7.16. The molecule has 0 aromatic carbocycles. The topological polar surface area (TPSA) is 52.3 Å². The average Bonchev–Trinajstić information content (AvgIpc) is 2.14. The summed E-state index contributed by atoms with van der Waals surface area (Å²) in [6.07, 6.45) is 4.27. The number of carbonyl (C=O) groups is 1. The van der Waals surface area contributed by atoms with Crippen molar-refractivity contribution in [3.63, 3.8) is 0 Å². The van der Waals surface area contributed by atoms with Crippen LogP contribution < -0.4 is 5.73 Å². The van der Waals surface area contributed by atoms with Crippen LogP contribution in [0.3, 0.4) is 0 Å². The Bertz CT molecular complexity index is 153. The van der Waals surface area contributed by atoms with E-state index in [0.717, 1.165) is 6.08 Å². The summed E-state index contributed by atoms with van der Waals surface area (Å²) in [5.41, 5.74) is 4.91. The van der Waals surface area contributed by atoms with E-state index in [1.54, 1.807) is 6.08 Å². The Balaban J connectivity index is 0. The highest BCUT2D eigenvalue weighted by Crippen LogP contribution is 1.77. The highest BCUT2D eigenvalue weighted by Gasteiger charge is 1.87. The van der Waals surface area contributed by atoms with Crippen molar-refractivity contribution in [1.82, 2.24) is 0 Å². The molecule has 0 aliphatic rings. The van der Waals surface area contributed by atoms with Crippen LogP contribution in [0.5, 0.6) is 0 Å². The van der Waals surface area contributed by atoms with E-state index in [-0.39, 0.29) is 6.61 Å². The molecular formula is C9H15NO2. The smallest absolute Gasteiger partial charge is 0.330 e. The largest absolute Gasteiger partial charge is 0.458 e. The first-order chi connectivity index (χ1) is 5.72. The second-order valence-electron chi connectivity index (χ2n) is 1.65. The Morgan fingerprint density at radius 2 is 1.83 bits per heavy atom. The number of hydrogen-bond acceptors (Lipinski definition) is 3. The number of hydrogen-bond donors (Lipinski definition) is 1. The molecule has 0 aliphatic heterocycles. The van der Waals surface area contributed by atoms with E-state index >= 15 is 0 Å². The third kappa shape index (κ3) is 15.9. The van der Waals surface area contributed by atoms with Gasteiger partial charge in [-0.05, 0) is 0 Å². The predicted molar refractivity (Wildman–Crippen MR) is 50.6 cm³/mol. The third-order valence-electron chi connectivity index (χ3n) is 0.677. The predicted octanol–water partition coefficient (Wildman–Crippen LogP) is 1.03. The van der Waals surface area contributed by atoms with Crippen molar-refractivity contribution < 1.29 is 9.53 Å². The van der Waals surface area contributed by atoms with Gasteiger partial charge in [0, 0.05) is 12.6 Å². The maximum Gasteiger partial charge on any atom is 0.330 e. The van der Waals surface area contributed by atoms with E-state index in [1.807, 2.05) is 0 Å². The molecule has 12 heavy (non-hydrogen) atoms. The van der Waals surface area contributed by atoms with Gasteiger partial charge in [-0.1, -0.05) is 25.3 Å². The summed E-state index contributed by atoms with van der Waals surface area (Å²) in [5, 5.41) is 0. The van der Waals surface area contributed by atoms with Crippen LogP contribution in [0.15, 0.2) is 38.0 Å². The van der Waals surface area contributed by atoms with E-state index in [0.29, 0.717) is 6.54 Å². The summed E-state index contributed by atoms with van der Waals surface area (Å²) < 4.78 is 4.47. The zero-order valence-corrected chi connectivity index (χ0v) is 7.16. The minimum Gasteiger partial charge on any atom is -0.458 e. The molecule has 0 saturated heterocycles. The fraction of sp³-hybridized carbons (Fsp3) is 0.222. The van der Waals surface area contributed by atoms with Gasteiger partial charge in [-0.2, -0.15) is 0 Å². The molecule has 0 unspecified atom stereocenters. The lowest BCUT2D eigenvalue weighted by atomic mass is 10.6. The van der Waals surface area contributed by atoms with Gasteiger partial charge < -0.3 is 10.5 Å². The molecule has 0 fully saturated rings. The van der Waals surface area contributed by atoms with Gasteiger partial charge >= 0.3 is 5.97 Å². The van der Waals surface area contributed by atoms with Crippen LogP contribution in [-0.2, 0) is 9.53 Å². The molecule has 3 heteroatoms. The highest BCUT2D eigenvalue weighted by molar-refractivity contribution is 5.81. The van der Waals surface area contributed by atoms with Gasteiger partial charge in [0.25, 0.3) is 0 Å². The van der Waals surface area contributed by atoms with Crippen molar-refractivity contribution in [1.29, 1.82) is 0 Å². The fourth-order valence-corrected chi connectivity index (χ4v) is 0.200. The van der Waals surface area contributed by atoms with Crippen LogP contribution in [0.1, 0.15) is 0 Å². The van der Waals surface area contributed by atoms with Crippen molar-refractivity contribution in [2.45, 2.75) is 0 Å². The lowest BCUT2D eigenvalue weighted by Crippen LogP contribution is -1.98. The van der Waals surface area contributed by atoms with Crippen molar-refractivity contribution >= 4 is 5.97 Å². The van der Waals surface area contributed by atoms with Crippen LogP contribution in [0.25, 0.3) is 0 Å². The average molecular weight is 169 g/mol. The number of carbonyl (C=O) groups excluding carboxylic acids is 1. The maximum atomic E-state index is 10.2. The molecule has 0 saturated carbocycles. The lowest BCUT2D eigenvalue weighted by Gasteiger charge is -1.92. The Morgan fingerprint density at radius 1 is 1.33 bits per heavy atom. The van der Waals surface area contributed by atoms with E-state index in [1.165, 1.54) is 6.08 Å². The Labute approximate surface area is 73.2 Å². The molecule has 0 rings (SSSR count). The SMILES string of the molecule is C=CCN.C=CCOC(=O)C=C. The molecule has 0 aliphatic carbocycles. The molecule has 0 heterocycles. The third-order valence-corrected chi connectivity index (χ3v) is 0.677. The van der Waals surface area contributed by atoms with E-state index < -0.39 is 5.97 Å². The first-order valence-electron chi connectivity index (χ1n) is 3.44. The van der Waals surface area contributed by atoms with Crippen molar-refractivity contribution in [2.75, 3.05) is 13.2 Å². The Morgan fingerprint density at radius 3 is 2.08 bits per heavy atom. The van der Waals surface area contributed by atoms with E-state index in [4.69, 9.17) is 5.73 Å². The van der Waals surface area contributed by atoms with Gasteiger partial charge in [-0.3, -0.25) is 0 Å². The number of rotatable bonds is 4. The van der Waals surface area contributed by atoms with Crippen LogP contribution in [0.4, 0.5) is 0 Å². The minimum absolute atomic E-state index is 0.255. The van der Waals surface area contributed by atoms with Gasteiger partial charge in [0.2, 0.25) is 0 Å². The fourth-order valence-electron chi connectivity index (χ4n) is 0.200. The van der Waals surface area contributed by atoms with Crippen LogP contribution in [-0.4, -0.2) is 19.1 Å². The normalized spacial score (nSPS) is 7.08. The van der Waals surface area contributed by atoms with Crippen LogP contribution in [0.2, 0.25) is 0 Å². The molecule has 2 N–H and O–H groups in total. The summed E-state index contributed by atoms with van der Waals surface area (Å²) in [5.74, 6) is -0.412. The Kier molecular flexibility index (Phi) is 13.6. The Hall–Kier alpha value is -1.35. The summed E-state index contributed by atoms with van der Waals surface area (Å²) in [6, 6.07) is 0. The maximum absolute atomic E-state index is 10.2. The number of ether oxygens (including phenoxy) is 1. The highest BCUT2D eigenvalue weighted by atomic mass is 16.5. The minimum atomic E-state index is -0.412. The summed E-state index contributed by atoms with van der Waals surface area (Å²) in [4.78, 5) is 10.2. The number of esters is 1. The molecule has 0 aromatic heterocycles. The van der Waals surface area contributed by atoms with E-state index in [9.17, 15) is 4.79 Å². The lowest BCUT2D eigenvalue weighted by molar-refractivity contribution is -0.136. The van der Waals surface area contributed by atoms with Crippen molar-refractivity contribution in [3.8, 4) is 0 Å². The first kappa shape index (κ1) is 13.3. The molecule has 0 aromatic rings. The molecule has 3 nitrogen and oxygen atoms in total. The molecule has 0 spiro atoms. The standard InChI is InChI=1S/C6H8O2.C3H7N/c1-3-5-8-6(7)4-2;1-2-3-4/h3-4H,1-2,5H2;2H,1,3-4H2. The van der Waals surface area contributed by atoms with Gasteiger partial charge in [0.15, 0.2) is 0 Å². The van der Waals surface area contributed by atoms with E-state index in [2.05, 4.69) is 24.5 Å². The molecule has 0 amide bonds. The summed E-state index contributed by atoms with van der Waals surface area (Å²) in [7, 11) is 0. The second kappa shape index (κ2) is 12.3. The molecule has 0 radical (unpaired) electrons. The van der Waals surface area contributed by atoms with Crippen LogP contribution in [0, 0.1) is 0 Å².